The van der Waals surface area contributed by atoms with Crippen molar-refractivity contribution in [2.75, 3.05) is 0 Å². The molecule has 0 amide bonds. The van der Waals surface area contributed by atoms with Crippen LogP contribution in [0.2, 0.25) is 0 Å². The summed E-state index contributed by atoms with van der Waals surface area (Å²) >= 11 is 5.12. The lowest BCUT2D eigenvalue weighted by Crippen LogP contribution is -2.12. The van der Waals surface area contributed by atoms with Gasteiger partial charge in [0, 0.05) is 36.1 Å². The van der Waals surface area contributed by atoms with Gasteiger partial charge in [0.25, 0.3) is 0 Å². The number of hydrogen-bond acceptors (Lipinski definition) is 5. The van der Waals surface area contributed by atoms with Crippen molar-refractivity contribution in [1.82, 2.24) is 8.75 Å². The molecular weight excluding hydrogens is 388 g/mol. The molecular formula is C22H22N2S3. The highest BCUT2D eigenvalue weighted by molar-refractivity contribution is 7.17. The zero-order valence-electron chi connectivity index (χ0n) is 16.2. The predicted molar refractivity (Wildman–Crippen MR) is 119 cm³/mol. The van der Waals surface area contributed by atoms with Crippen LogP contribution < -0.4 is 0 Å². The van der Waals surface area contributed by atoms with Crippen LogP contribution in [0.25, 0.3) is 31.9 Å². The Morgan fingerprint density at radius 1 is 0.926 bits per heavy atom. The van der Waals surface area contributed by atoms with Crippen LogP contribution in [0.5, 0.6) is 0 Å². The van der Waals surface area contributed by atoms with E-state index in [9.17, 15) is 0 Å². The van der Waals surface area contributed by atoms with Gasteiger partial charge < -0.3 is 0 Å². The van der Waals surface area contributed by atoms with Gasteiger partial charge in [0.1, 0.15) is 11.0 Å². The Bertz CT molecular complexity index is 1150. The van der Waals surface area contributed by atoms with Crippen molar-refractivity contribution in [3.05, 3.63) is 45.6 Å². The Morgan fingerprint density at radius 2 is 1.59 bits per heavy atom. The van der Waals surface area contributed by atoms with Crippen molar-refractivity contribution >= 4 is 45.4 Å². The van der Waals surface area contributed by atoms with E-state index in [4.69, 9.17) is 0 Å². The molecule has 0 spiro atoms. The van der Waals surface area contributed by atoms with Gasteiger partial charge in [-0.3, -0.25) is 0 Å². The summed E-state index contributed by atoms with van der Waals surface area (Å²) in [7, 11) is 0. The molecule has 5 rings (SSSR count). The molecule has 0 N–H and O–H groups in total. The molecule has 0 saturated heterocycles. The molecule has 1 aliphatic carbocycles. The fourth-order valence-electron chi connectivity index (χ4n) is 3.58. The normalized spacial score (nSPS) is 15.3. The first-order valence-corrected chi connectivity index (χ1v) is 11.7. The lowest BCUT2D eigenvalue weighted by molar-refractivity contribution is 0.517. The third-order valence-corrected chi connectivity index (χ3v) is 9.52. The van der Waals surface area contributed by atoms with Crippen LogP contribution in [-0.4, -0.2) is 8.75 Å². The van der Waals surface area contributed by atoms with E-state index >= 15 is 0 Å². The number of fused-ring (bicyclic) bond motifs is 2. The van der Waals surface area contributed by atoms with Gasteiger partial charge in [-0.1, -0.05) is 46.8 Å². The number of thiophene rings is 2. The molecule has 3 heterocycles. The van der Waals surface area contributed by atoms with Crippen LogP contribution >= 0.6 is 34.4 Å². The Labute approximate surface area is 172 Å². The Balaban J connectivity index is 1.59. The van der Waals surface area contributed by atoms with Crippen molar-refractivity contribution in [2.24, 2.45) is 0 Å². The van der Waals surface area contributed by atoms with Gasteiger partial charge in [0.2, 0.25) is 0 Å². The second-order valence-electron chi connectivity index (χ2n) is 8.50. The molecule has 0 radical (unpaired) electrons. The highest BCUT2D eigenvalue weighted by Gasteiger charge is 2.44. The quantitative estimate of drug-likeness (QED) is 0.348. The maximum absolute atomic E-state index is 4.66. The van der Waals surface area contributed by atoms with Gasteiger partial charge in [0.15, 0.2) is 0 Å². The zero-order chi connectivity index (χ0) is 19.0. The summed E-state index contributed by atoms with van der Waals surface area (Å²) in [5.41, 5.74) is 6.52. The maximum Gasteiger partial charge on any atom is 0.114 e. The van der Waals surface area contributed by atoms with E-state index in [0.717, 1.165) is 17.5 Å². The van der Waals surface area contributed by atoms with E-state index in [0.29, 0.717) is 5.41 Å². The third kappa shape index (κ3) is 2.55. The zero-order valence-corrected chi connectivity index (χ0v) is 18.7. The lowest BCUT2D eigenvalue weighted by Gasteiger charge is -2.20. The fraction of sp³-hybridized carbons (Fsp3) is 0.364. The summed E-state index contributed by atoms with van der Waals surface area (Å²) in [6, 6.07) is 11.3. The van der Waals surface area contributed by atoms with Crippen molar-refractivity contribution in [3.63, 3.8) is 0 Å². The monoisotopic (exact) mass is 410 g/mol. The summed E-state index contributed by atoms with van der Waals surface area (Å²) < 4.78 is 9.32. The number of aromatic nitrogens is 2. The predicted octanol–water partition coefficient (Wildman–Crippen LogP) is 7.48. The Morgan fingerprint density at radius 3 is 2.19 bits per heavy atom. The summed E-state index contributed by atoms with van der Waals surface area (Å²) in [6.07, 6.45) is 1.14. The molecule has 3 aromatic heterocycles. The molecule has 0 atom stereocenters. The van der Waals surface area contributed by atoms with Crippen molar-refractivity contribution in [2.45, 2.75) is 51.9 Å². The molecule has 0 unspecified atom stereocenters. The molecule has 0 aliphatic heterocycles. The van der Waals surface area contributed by atoms with Crippen LogP contribution in [0.3, 0.4) is 0 Å². The van der Waals surface area contributed by atoms with Gasteiger partial charge in [-0.2, -0.15) is 8.75 Å². The largest absolute Gasteiger partial charge is 0.172 e. The lowest BCUT2D eigenvalue weighted by atomic mass is 9.89. The minimum absolute atomic E-state index is 0.218. The minimum Gasteiger partial charge on any atom is -0.172 e. The average Bonchev–Trinajstić information content (AvgIpc) is 3.24. The molecule has 2 nitrogen and oxygen atoms in total. The van der Waals surface area contributed by atoms with Crippen LogP contribution in [0.1, 0.15) is 56.4 Å². The maximum atomic E-state index is 4.66. The van der Waals surface area contributed by atoms with E-state index < -0.39 is 0 Å². The van der Waals surface area contributed by atoms with E-state index in [1.54, 1.807) is 0 Å². The number of nitrogens with zero attached hydrogens (tertiary/aromatic N) is 2. The number of hydrogen-bond donors (Lipinski definition) is 0. The first kappa shape index (κ1) is 17.5. The minimum atomic E-state index is 0.218. The summed E-state index contributed by atoms with van der Waals surface area (Å²) in [5, 5.41) is 0. The van der Waals surface area contributed by atoms with Gasteiger partial charge in [0.05, 0.1) is 11.7 Å². The molecule has 0 bridgehead atoms. The molecule has 138 valence electrons. The van der Waals surface area contributed by atoms with Gasteiger partial charge >= 0.3 is 0 Å². The topological polar surface area (TPSA) is 25.8 Å². The second-order valence-corrected chi connectivity index (χ2v) is 11.2. The Kier molecular flexibility index (Phi) is 3.72. The van der Waals surface area contributed by atoms with E-state index in [-0.39, 0.29) is 5.41 Å². The first-order chi connectivity index (χ1) is 12.8. The van der Waals surface area contributed by atoms with E-state index in [1.807, 2.05) is 22.7 Å². The molecule has 27 heavy (non-hydrogen) atoms. The van der Waals surface area contributed by atoms with Crippen molar-refractivity contribution in [1.29, 1.82) is 0 Å². The fourth-order valence-corrected chi connectivity index (χ4v) is 6.77. The van der Waals surface area contributed by atoms with Gasteiger partial charge in [-0.25, -0.2) is 0 Å². The summed E-state index contributed by atoms with van der Waals surface area (Å²) in [6.45, 7) is 11.5. The van der Waals surface area contributed by atoms with Crippen molar-refractivity contribution in [3.8, 4) is 20.9 Å². The van der Waals surface area contributed by atoms with Gasteiger partial charge in [-0.05, 0) is 35.6 Å². The highest BCUT2D eigenvalue weighted by Crippen LogP contribution is 2.57. The highest BCUT2D eigenvalue weighted by atomic mass is 32.1. The smallest absolute Gasteiger partial charge is 0.114 e. The SMILES string of the molecule is CCC(C)(C)c1ccc(-c2ccc(-c3cc4c(s3)C4(C)C)c3nsnc23)s1. The van der Waals surface area contributed by atoms with E-state index in [1.165, 1.54) is 47.9 Å². The van der Waals surface area contributed by atoms with Crippen LogP contribution in [0, 0.1) is 0 Å². The summed E-state index contributed by atoms with van der Waals surface area (Å²) in [5.74, 6) is 0. The van der Waals surface area contributed by atoms with E-state index in [2.05, 4.69) is 73.7 Å². The molecule has 0 saturated carbocycles. The Hall–Kier alpha value is -1.56. The average molecular weight is 411 g/mol. The molecule has 4 aromatic rings. The molecule has 1 aliphatic rings. The van der Waals surface area contributed by atoms with Crippen molar-refractivity contribution < 1.29 is 0 Å². The molecule has 5 heteroatoms. The van der Waals surface area contributed by atoms with Gasteiger partial charge in [-0.15, -0.1) is 22.7 Å². The summed E-state index contributed by atoms with van der Waals surface area (Å²) in [4.78, 5) is 5.56. The number of benzene rings is 1. The van der Waals surface area contributed by atoms with Crippen LogP contribution in [0.15, 0.2) is 30.3 Å². The molecule has 0 fully saturated rings. The standard InChI is InChI=1S/C22H22N2S3/c1-6-21(2,3)17-10-9-15(25-17)12-7-8-13(19-18(12)23-27-24-19)16-11-14-20(26-16)22(14,4)5/h7-11H,6H2,1-5H3. The first-order valence-electron chi connectivity index (χ1n) is 9.34. The molecule has 1 aromatic carbocycles. The van der Waals surface area contributed by atoms with Crippen LogP contribution in [0.4, 0.5) is 0 Å². The second kappa shape index (κ2) is 5.72. The number of rotatable bonds is 4. The third-order valence-electron chi connectivity index (χ3n) is 6.01. The van der Waals surface area contributed by atoms with Crippen LogP contribution in [-0.2, 0) is 10.8 Å².